The van der Waals surface area contributed by atoms with Gasteiger partial charge >= 0.3 is 12.1 Å². The Hall–Kier alpha value is -3.89. The van der Waals surface area contributed by atoms with Gasteiger partial charge in [-0.2, -0.15) is 13.2 Å². The number of amides is 2. The predicted octanol–water partition coefficient (Wildman–Crippen LogP) is 5.76. The highest BCUT2D eigenvalue weighted by Crippen LogP contribution is 2.28. The molecule has 216 valence electrons. The number of alkyl halides is 3. The summed E-state index contributed by atoms with van der Waals surface area (Å²) in [5.74, 6) is -3.01. The maximum atomic E-state index is 13.4. The van der Waals surface area contributed by atoms with Gasteiger partial charge in [0.05, 0.1) is 6.54 Å². The molecule has 0 unspecified atom stereocenters. The van der Waals surface area contributed by atoms with E-state index in [4.69, 9.17) is 21.5 Å². The molecule has 0 radical (unpaired) electrons. The van der Waals surface area contributed by atoms with Gasteiger partial charge in [-0.15, -0.1) is 0 Å². The number of nitrogens with zero attached hydrogens (tertiary/aromatic N) is 3. The largest absolute Gasteiger partial charge is 0.490 e. The molecule has 2 amide bonds. The van der Waals surface area contributed by atoms with Crippen molar-refractivity contribution in [3.8, 4) is 0 Å². The second-order valence-corrected chi connectivity index (χ2v) is 10.3. The monoisotopic (exact) mass is 587 g/mol. The molecule has 11 heteroatoms. The Morgan fingerprint density at radius 1 is 0.854 bits per heavy atom. The number of fused-ring (bicyclic) bond motifs is 1. The molecule has 41 heavy (non-hydrogen) atoms. The molecular weight excluding hydrogens is 559 g/mol. The topological polar surface area (TPSA) is 81.2 Å². The van der Waals surface area contributed by atoms with E-state index in [1.807, 2.05) is 29.2 Å². The second-order valence-electron chi connectivity index (χ2n) is 9.88. The number of rotatable bonds is 5. The van der Waals surface area contributed by atoms with Gasteiger partial charge in [-0.05, 0) is 73.0 Å². The lowest BCUT2D eigenvalue weighted by Crippen LogP contribution is -2.39. The first kappa shape index (κ1) is 30.1. The first-order valence-corrected chi connectivity index (χ1v) is 13.4. The van der Waals surface area contributed by atoms with Gasteiger partial charge in [-0.3, -0.25) is 14.5 Å². The van der Waals surface area contributed by atoms with Gasteiger partial charge < -0.3 is 14.9 Å². The summed E-state index contributed by atoms with van der Waals surface area (Å²) in [7, 11) is 0. The molecule has 0 atom stereocenters. The summed E-state index contributed by atoms with van der Waals surface area (Å²) in [5.41, 5.74) is 4.72. The summed E-state index contributed by atoms with van der Waals surface area (Å²) in [6.07, 6.45) is -2.55. The van der Waals surface area contributed by atoms with Crippen LogP contribution in [0.15, 0.2) is 72.8 Å². The number of carboxylic acids is 1. The number of hydrogen-bond acceptors (Lipinski definition) is 4. The number of halogens is 4. The van der Waals surface area contributed by atoms with Crippen molar-refractivity contribution >= 4 is 35.1 Å². The highest BCUT2D eigenvalue weighted by atomic mass is 35.5. The molecule has 3 aromatic carbocycles. The molecule has 0 aromatic heterocycles. The van der Waals surface area contributed by atoms with E-state index < -0.39 is 12.1 Å². The lowest BCUT2D eigenvalue weighted by atomic mass is 10.1. The molecule has 2 aliphatic rings. The number of anilines is 1. The fourth-order valence-corrected chi connectivity index (χ4v) is 4.98. The van der Waals surface area contributed by atoms with E-state index in [2.05, 4.69) is 29.2 Å². The van der Waals surface area contributed by atoms with Crippen LogP contribution in [0.25, 0.3) is 0 Å². The maximum Gasteiger partial charge on any atom is 0.490 e. The molecule has 0 saturated carbocycles. The van der Waals surface area contributed by atoms with Crippen molar-refractivity contribution in [1.82, 2.24) is 9.80 Å². The van der Waals surface area contributed by atoms with Crippen LogP contribution in [-0.2, 0) is 29.2 Å². The van der Waals surface area contributed by atoms with E-state index in [-0.39, 0.29) is 18.4 Å². The fourth-order valence-electron chi connectivity index (χ4n) is 4.85. The van der Waals surface area contributed by atoms with Crippen LogP contribution in [0.3, 0.4) is 0 Å². The van der Waals surface area contributed by atoms with E-state index in [1.165, 1.54) is 18.4 Å². The van der Waals surface area contributed by atoms with Gasteiger partial charge in [-0.1, -0.05) is 54.1 Å². The average Bonchev–Trinajstić information content (AvgIpc) is 3.40. The molecule has 1 saturated heterocycles. The SMILES string of the molecule is O=C(O)C(F)(F)F.O=C(c1ccc(Cl)cc1)N1CC(=O)N(Cc2cccc(CN3CCCC3)c2)c2ccccc2C1. The molecule has 1 N–H and O–H groups in total. The molecule has 1 fully saturated rings. The van der Waals surface area contributed by atoms with Gasteiger partial charge in [0, 0.05) is 29.4 Å². The zero-order chi connectivity index (χ0) is 29.6. The van der Waals surface area contributed by atoms with Crippen LogP contribution in [0.1, 0.15) is 39.9 Å². The molecule has 7 nitrogen and oxygen atoms in total. The lowest BCUT2D eigenvalue weighted by molar-refractivity contribution is -0.192. The van der Waals surface area contributed by atoms with Crippen molar-refractivity contribution in [2.75, 3.05) is 24.5 Å². The number of aliphatic carboxylic acids is 1. The van der Waals surface area contributed by atoms with Gasteiger partial charge in [0.2, 0.25) is 5.91 Å². The highest BCUT2D eigenvalue weighted by molar-refractivity contribution is 6.30. The van der Waals surface area contributed by atoms with Crippen LogP contribution in [0.4, 0.5) is 18.9 Å². The van der Waals surface area contributed by atoms with Gasteiger partial charge in [0.1, 0.15) is 6.54 Å². The summed E-state index contributed by atoms with van der Waals surface area (Å²) in [6.45, 7) is 4.15. The molecule has 2 heterocycles. The standard InChI is InChI=1S/C28H28ClN3O2.C2HF3O2/c29-25-12-10-23(11-13-25)28(34)31-19-24-8-1-2-9-26(24)32(27(33)20-31)18-22-7-5-6-21(16-22)17-30-14-3-4-15-30;3-2(4,5)1(6)7/h1-2,5-13,16H,3-4,14-15,17-20H2;(H,6,7). The first-order valence-electron chi connectivity index (χ1n) is 13.0. The third kappa shape index (κ3) is 8.08. The van der Waals surface area contributed by atoms with E-state index in [0.717, 1.165) is 36.4 Å². The van der Waals surface area contributed by atoms with E-state index in [0.29, 0.717) is 23.7 Å². The maximum absolute atomic E-state index is 13.4. The Labute approximate surface area is 240 Å². The zero-order valence-electron chi connectivity index (χ0n) is 22.1. The van der Waals surface area contributed by atoms with Crippen molar-refractivity contribution < 1.29 is 32.7 Å². The van der Waals surface area contributed by atoms with Crippen LogP contribution >= 0.6 is 11.6 Å². The Morgan fingerprint density at radius 2 is 1.46 bits per heavy atom. The number of hydrogen-bond donors (Lipinski definition) is 1. The Morgan fingerprint density at radius 3 is 2.10 bits per heavy atom. The average molecular weight is 588 g/mol. The molecule has 0 spiro atoms. The number of carbonyl (C=O) groups is 3. The highest BCUT2D eigenvalue weighted by Gasteiger charge is 2.38. The summed E-state index contributed by atoms with van der Waals surface area (Å²) in [5, 5.41) is 7.70. The number of carbonyl (C=O) groups excluding carboxylic acids is 2. The second kappa shape index (κ2) is 13.2. The van der Waals surface area contributed by atoms with Crippen LogP contribution in [0, 0.1) is 0 Å². The number of para-hydroxylation sites is 1. The van der Waals surface area contributed by atoms with Crippen molar-refractivity contribution in [1.29, 1.82) is 0 Å². The van der Waals surface area contributed by atoms with Crippen molar-refractivity contribution in [3.63, 3.8) is 0 Å². The molecule has 3 aromatic rings. The lowest BCUT2D eigenvalue weighted by Gasteiger charge is -2.24. The van der Waals surface area contributed by atoms with Crippen LogP contribution < -0.4 is 4.90 Å². The summed E-state index contributed by atoms with van der Waals surface area (Å²) in [4.78, 5) is 41.5. The third-order valence-corrected chi connectivity index (χ3v) is 7.08. The van der Waals surface area contributed by atoms with Crippen molar-refractivity contribution in [2.24, 2.45) is 0 Å². The quantitative estimate of drug-likeness (QED) is 0.411. The first-order chi connectivity index (χ1) is 19.5. The van der Waals surface area contributed by atoms with E-state index in [9.17, 15) is 22.8 Å². The molecule has 0 aliphatic carbocycles. The number of likely N-dealkylation sites (tertiary alicyclic amines) is 1. The van der Waals surface area contributed by atoms with Crippen molar-refractivity contribution in [3.05, 3.63) is 100 Å². The Balaban J connectivity index is 0.000000493. The van der Waals surface area contributed by atoms with Crippen molar-refractivity contribution in [2.45, 2.75) is 38.7 Å². The zero-order valence-corrected chi connectivity index (χ0v) is 22.9. The van der Waals surface area contributed by atoms with Crippen LogP contribution in [0.5, 0.6) is 0 Å². The third-order valence-electron chi connectivity index (χ3n) is 6.83. The summed E-state index contributed by atoms with van der Waals surface area (Å²) >= 11 is 5.98. The van der Waals surface area contributed by atoms with Gasteiger partial charge in [0.25, 0.3) is 5.91 Å². The smallest absolute Gasteiger partial charge is 0.475 e. The Bertz CT molecular complexity index is 1390. The summed E-state index contributed by atoms with van der Waals surface area (Å²) < 4.78 is 31.7. The van der Waals surface area contributed by atoms with Gasteiger partial charge in [-0.25, -0.2) is 4.79 Å². The van der Waals surface area contributed by atoms with Crippen LogP contribution in [-0.4, -0.2) is 58.5 Å². The fraction of sp³-hybridized carbons (Fsp3) is 0.300. The Kier molecular flexibility index (Phi) is 9.67. The predicted molar refractivity (Wildman–Crippen MR) is 148 cm³/mol. The molecule has 5 rings (SSSR count). The molecular formula is C30H29ClF3N3O4. The number of carboxylic acid groups (broad SMARTS) is 1. The minimum absolute atomic E-state index is 0.0314. The van der Waals surface area contributed by atoms with E-state index >= 15 is 0 Å². The number of benzene rings is 3. The molecule has 2 aliphatic heterocycles. The summed E-state index contributed by atoms with van der Waals surface area (Å²) in [6, 6.07) is 23.2. The minimum atomic E-state index is -5.08. The normalized spacial score (nSPS) is 15.6. The van der Waals surface area contributed by atoms with Crippen LogP contribution in [0.2, 0.25) is 5.02 Å². The molecule has 0 bridgehead atoms. The van der Waals surface area contributed by atoms with E-state index in [1.54, 1.807) is 29.2 Å². The van der Waals surface area contributed by atoms with Gasteiger partial charge in [0.15, 0.2) is 0 Å². The minimum Gasteiger partial charge on any atom is -0.475 e.